The molecule has 0 aliphatic rings. The minimum absolute atomic E-state index is 0.167. The second kappa shape index (κ2) is 5.27. The first-order chi connectivity index (χ1) is 7.49. The number of hydrogen-bond acceptors (Lipinski definition) is 3. The molecule has 5 nitrogen and oxygen atoms in total. The highest BCUT2D eigenvalue weighted by molar-refractivity contribution is 5.88. The number of hydrogen-bond donors (Lipinski definition) is 3. The summed E-state index contributed by atoms with van der Waals surface area (Å²) < 4.78 is 0. The molecule has 1 aromatic rings. The third-order valence-electron chi connectivity index (χ3n) is 2.02. The van der Waals surface area contributed by atoms with Crippen molar-refractivity contribution in [1.29, 1.82) is 0 Å². The molecule has 0 saturated carbocycles. The maximum atomic E-state index is 10.8. The quantitative estimate of drug-likeness (QED) is 0.695. The molecule has 0 unspecified atom stereocenters. The predicted octanol–water partition coefficient (Wildman–Crippen LogP) is 0.599. The van der Waals surface area contributed by atoms with Crippen LogP contribution in [0.15, 0.2) is 24.3 Å². The SMILES string of the molecule is CC(=O)Nc1cccc(C[C@H](N)C(=O)O)c1. The van der Waals surface area contributed by atoms with Gasteiger partial charge in [0, 0.05) is 12.6 Å². The smallest absolute Gasteiger partial charge is 0.320 e. The maximum Gasteiger partial charge on any atom is 0.320 e. The van der Waals surface area contributed by atoms with Crippen molar-refractivity contribution in [3.05, 3.63) is 29.8 Å². The molecule has 0 aliphatic carbocycles. The average Bonchev–Trinajstić information content (AvgIpc) is 2.16. The van der Waals surface area contributed by atoms with Gasteiger partial charge >= 0.3 is 5.97 Å². The van der Waals surface area contributed by atoms with Gasteiger partial charge in [-0.05, 0) is 24.1 Å². The molecule has 4 N–H and O–H groups in total. The lowest BCUT2D eigenvalue weighted by molar-refractivity contribution is -0.138. The van der Waals surface area contributed by atoms with Crippen molar-refractivity contribution in [1.82, 2.24) is 0 Å². The van der Waals surface area contributed by atoms with E-state index in [1.165, 1.54) is 6.92 Å². The summed E-state index contributed by atoms with van der Waals surface area (Å²) in [7, 11) is 0. The summed E-state index contributed by atoms with van der Waals surface area (Å²) in [5, 5.41) is 11.3. The van der Waals surface area contributed by atoms with E-state index in [0.717, 1.165) is 5.56 Å². The Balaban J connectivity index is 2.74. The van der Waals surface area contributed by atoms with E-state index in [1.807, 2.05) is 0 Å². The standard InChI is InChI=1S/C11H14N2O3/c1-7(14)13-9-4-2-3-8(5-9)6-10(12)11(15)16/h2-5,10H,6,12H2,1H3,(H,13,14)(H,15,16)/t10-/m0/s1. The molecule has 1 aromatic carbocycles. The van der Waals surface area contributed by atoms with Crippen molar-refractivity contribution in [3.63, 3.8) is 0 Å². The molecule has 1 atom stereocenters. The largest absolute Gasteiger partial charge is 0.480 e. The number of carboxylic acids is 1. The number of carbonyl (C=O) groups excluding carboxylic acids is 1. The van der Waals surface area contributed by atoms with E-state index >= 15 is 0 Å². The fourth-order valence-corrected chi connectivity index (χ4v) is 1.32. The van der Waals surface area contributed by atoms with Crippen LogP contribution in [0.3, 0.4) is 0 Å². The summed E-state index contributed by atoms with van der Waals surface area (Å²) in [6, 6.07) is 6.04. The van der Waals surface area contributed by atoms with Crippen LogP contribution in [-0.4, -0.2) is 23.0 Å². The van der Waals surface area contributed by atoms with Gasteiger partial charge in [-0.2, -0.15) is 0 Å². The fourth-order valence-electron chi connectivity index (χ4n) is 1.32. The lowest BCUT2D eigenvalue weighted by Gasteiger charge is -2.08. The number of amides is 1. The zero-order chi connectivity index (χ0) is 12.1. The van der Waals surface area contributed by atoms with Crippen LogP contribution >= 0.6 is 0 Å². The van der Waals surface area contributed by atoms with Crippen molar-refractivity contribution >= 4 is 17.6 Å². The summed E-state index contributed by atoms with van der Waals surface area (Å²) in [6.45, 7) is 1.41. The van der Waals surface area contributed by atoms with E-state index < -0.39 is 12.0 Å². The minimum atomic E-state index is -1.04. The molecule has 1 amide bonds. The second-order valence-corrected chi connectivity index (χ2v) is 3.53. The lowest BCUT2D eigenvalue weighted by atomic mass is 10.1. The molecule has 0 radical (unpaired) electrons. The molecule has 0 saturated heterocycles. The van der Waals surface area contributed by atoms with Gasteiger partial charge in [0.15, 0.2) is 0 Å². The van der Waals surface area contributed by atoms with Crippen molar-refractivity contribution in [2.75, 3.05) is 5.32 Å². The van der Waals surface area contributed by atoms with Gasteiger partial charge in [-0.1, -0.05) is 12.1 Å². The first-order valence-corrected chi connectivity index (χ1v) is 4.84. The number of nitrogens with one attached hydrogen (secondary N) is 1. The number of aliphatic carboxylic acids is 1. The lowest BCUT2D eigenvalue weighted by Crippen LogP contribution is -2.32. The number of nitrogens with two attached hydrogens (primary N) is 1. The highest BCUT2D eigenvalue weighted by Gasteiger charge is 2.12. The highest BCUT2D eigenvalue weighted by Crippen LogP contribution is 2.11. The highest BCUT2D eigenvalue weighted by atomic mass is 16.4. The first kappa shape index (κ1) is 12.2. The summed E-state index contributed by atoms with van der Waals surface area (Å²) >= 11 is 0. The molecule has 0 aliphatic heterocycles. The van der Waals surface area contributed by atoms with Crippen LogP contribution in [0, 0.1) is 0 Å². The maximum absolute atomic E-state index is 10.8. The van der Waals surface area contributed by atoms with Gasteiger partial charge in [0.2, 0.25) is 5.91 Å². The Morgan fingerprint density at radius 2 is 2.19 bits per heavy atom. The molecular weight excluding hydrogens is 208 g/mol. The van der Waals surface area contributed by atoms with Crippen LogP contribution in [0.25, 0.3) is 0 Å². The average molecular weight is 222 g/mol. The van der Waals surface area contributed by atoms with Crippen molar-refractivity contribution < 1.29 is 14.7 Å². The minimum Gasteiger partial charge on any atom is -0.480 e. The van der Waals surface area contributed by atoms with Crippen LogP contribution in [0.5, 0.6) is 0 Å². The van der Waals surface area contributed by atoms with Crippen molar-refractivity contribution in [3.8, 4) is 0 Å². The van der Waals surface area contributed by atoms with E-state index in [-0.39, 0.29) is 12.3 Å². The van der Waals surface area contributed by atoms with Gasteiger partial charge in [0.05, 0.1) is 0 Å². The molecule has 0 spiro atoms. The first-order valence-electron chi connectivity index (χ1n) is 4.84. The van der Waals surface area contributed by atoms with Gasteiger partial charge < -0.3 is 16.2 Å². The zero-order valence-electron chi connectivity index (χ0n) is 8.93. The second-order valence-electron chi connectivity index (χ2n) is 3.53. The predicted molar refractivity (Wildman–Crippen MR) is 60.1 cm³/mol. The molecule has 0 fully saturated rings. The summed E-state index contributed by atoms with van der Waals surface area (Å²) in [4.78, 5) is 21.4. The van der Waals surface area contributed by atoms with Crippen LogP contribution in [-0.2, 0) is 16.0 Å². The van der Waals surface area contributed by atoms with Gasteiger partial charge in [-0.15, -0.1) is 0 Å². The number of rotatable bonds is 4. The van der Waals surface area contributed by atoms with Crippen LogP contribution in [0.1, 0.15) is 12.5 Å². The van der Waals surface area contributed by atoms with Gasteiger partial charge in [-0.25, -0.2) is 0 Å². The number of carbonyl (C=O) groups is 2. The van der Waals surface area contributed by atoms with E-state index in [1.54, 1.807) is 24.3 Å². The molecule has 0 aromatic heterocycles. The van der Waals surface area contributed by atoms with Crippen molar-refractivity contribution in [2.24, 2.45) is 5.73 Å². The molecule has 0 bridgehead atoms. The van der Waals surface area contributed by atoms with Gasteiger partial charge in [-0.3, -0.25) is 9.59 Å². The Kier molecular flexibility index (Phi) is 4.02. The molecule has 5 heteroatoms. The Morgan fingerprint density at radius 3 is 2.75 bits per heavy atom. The monoisotopic (exact) mass is 222 g/mol. The Labute approximate surface area is 93.3 Å². The third-order valence-corrected chi connectivity index (χ3v) is 2.02. The summed E-state index contributed by atoms with van der Waals surface area (Å²) in [6.07, 6.45) is 0.239. The molecule has 0 heterocycles. The Hall–Kier alpha value is -1.88. The normalized spacial score (nSPS) is 11.9. The number of benzene rings is 1. The van der Waals surface area contributed by atoms with E-state index in [2.05, 4.69) is 5.32 Å². The van der Waals surface area contributed by atoms with Gasteiger partial charge in [0.25, 0.3) is 0 Å². The summed E-state index contributed by atoms with van der Waals surface area (Å²) in [5.74, 6) is -1.20. The van der Waals surface area contributed by atoms with E-state index in [0.29, 0.717) is 5.69 Å². The molecule has 16 heavy (non-hydrogen) atoms. The topological polar surface area (TPSA) is 92.4 Å². The fraction of sp³-hybridized carbons (Fsp3) is 0.273. The Bertz CT molecular complexity index is 404. The van der Waals surface area contributed by atoms with Crippen LogP contribution < -0.4 is 11.1 Å². The zero-order valence-corrected chi connectivity index (χ0v) is 8.93. The third kappa shape index (κ3) is 3.70. The molecule has 1 rings (SSSR count). The number of carboxylic acid groups (broad SMARTS) is 1. The number of anilines is 1. The van der Waals surface area contributed by atoms with Crippen LogP contribution in [0.4, 0.5) is 5.69 Å². The summed E-state index contributed by atoms with van der Waals surface area (Å²) in [5.41, 5.74) is 6.83. The van der Waals surface area contributed by atoms with Crippen molar-refractivity contribution in [2.45, 2.75) is 19.4 Å². The van der Waals surface area contributed by atoms with E-state index in [9.17, 15) is 9.59 Å². The molecule has 86 valence electrons. The van der Waals surface area contributed by atoms with E-state index in [4.69, 9.17) is 10.8 Å². The van der Waals surface area contributed by atoms with Crippen LogP contribution in [0.2, 0.25) is 0 Å². The Morgan fingerprint density at radius 1 is 1.50 bits per heavy atom. The van der Waals surface area contributed by atoms with Gasteiger partial charge in [0.1, 0.15) is 6.04 Å². The molecular formula is C11H14N2O3.